The van der Waals surface area contributed by atoms with Crippen LogP contribution in [0.25, 0.3) is 11.0 Å². The highest BCUT2D eigenvalue weighted by Gasteiger charge is 2.20. The van der Waals surface area contributed by atoms with E-state index in [0.29, 0.717) is 22.6 Å². The van der Waals surface area contributed by atoms with Crippen LogP contribution in [0.1, 0.15) is 29.5 Å². The normalized spacial score (nSPS) is 13.7. The zero-order valence-corrected chi connectivity index (χ0v) is 14.5. The number of aryl methyl sites for hydroxylation is 1. The number of hydrogen-bond acceptors (Lipinski definition) is 3. The van der Waals surface area contributed by atoms with Crippen LogP contribution in [0.2, 0.25) is 5.02 Å². The van der Waals surface area contributed by atoms with Crippen molar-refractivity contribution in [2.45, 2.75) is 32.3 Å². The molecule has 0 N–H and O–H groups in total. The topological polar surface area (TPSA) is 39.4 Å². The van der Waals surface area contributed by atoms with E-state index in [9.17, 15) is 13.6 Å². The van der Waals surface area contributed by atoms with Crippen molar-refractivity contribution >= 4 is 22.6 Å². The van der Waals surface area contributed by atoms with E-state index in [1.165, 1.54) is 12.1 Å². The van der Waals surface area contributed by atoms with Crippen molar-refractivity contribution in [3.8, 4) is 5.75 Å². The molecule has 0 saturated heterocycles. The van der Waals surface area contributed by atoms with Gasteiger partial charge in [0.05, 0.1) is 10.6 Å². The van der Waals surface area contributed by atoms with Gasteiger partial charge in [0.25, 0.3) is 0 Å². The van der Waals surface area contributed by atoms with Crippen LogP contribution in [0.4, 0.5) is 8.78 Å². The number of halogens is 3. The quantitative estimate of drug-likeness (QED) is 0.591. The van der Waals surface area contributed by atoms with Gasteiger partial charge in [-0.2, -0.15) is 0 Å². The fourth-order valence-electron chi connectivity index (χ4n) is 3.38. The summed E-state index contributed by atoms with van der Waals surface area (Å²) in [5, 5.41) is 1.09. The Labute approximate surface area is 153 Å². The van der Waals surface area contributed by atoms with Gasteiger partial charge in [0.2, 0.25) is 0 Å². The number of fused-ring (bicyclic) bond motifs is 3. The van der Waals surface area contributed by atoms with Crippen molar-refractivity contribution in [2.24, 2.45) is 0 Å². The van der Waals surface area contributed by atoms with Gasteiger partial charge in [0, 0.05) is 17.0 Å². The van der Waals surface area contributed by atoms with Crippen molar-refractivity contribution in [3.05, 3.63) is 74.1 Å². The third-order valence-corrected chi connectivity index (χ3v) is 5.01. The molecule has 0 aliphatic heterocycles. The second kappa shape index (κ2) is 6.72. The minimum Gasteiger partial charge on any atom is -0.487 e. The fourth-order valence-corrected chi connectivity index (χ4v) is 3.59. The third kappa shape index (κ3) is 2.97. The highest BCUT2D eigenvalue weighted by molar-refractivity contribution is 6.32. The van der Waals surface area contributed by atoms with Crippen LogP contribution in [0.3, 0.4) is 0 Å². The monoisotopic (exact) mass is 376 g/mol. The zero-order chi connectivity index (χ0) is 18.3. The van der Waals surface area contributed by atoms with E-state index < -0.39 is 11.6 Å². The molecule has 6 heteroatoms. The Morgan fingerprint density at radius 3 is 2.50 bits per heavy atom. The van der Waals surface area contributed by atoms with E-state index in [2.05, 4.69) is 0 Å². The van der Waals surface area contributed by atoms with Gasteiger partial charge in [-0.1, -0.05) is 17.7 Å². The van der Waals surface area contributed by atoms with Crippen molar-refractivity contribution in [3.63, 3.8) is 0 Å². The van der Waals surface area contributed by atoms with E-state index in [1.54, 1.807) is 6.07 Å². The van der Waals surface area contributed by atoms with E-state index >= 15 is 0 Å². The lowest BCUT2D eigenvalue weighted by atomic mass is 9.91. The molecule has 3 nitrogen and oxygen atoms in total. The molecule has 134 valence electrons. The molecule has 3 aromatic rings. The lowest BCUT2D eigenvalue weighted by Crippen LogP contribution is -2.15. The summed E-state index contributed by atoms with van der Waals surface area (Å²) in [4.78, 5) is 12.2. The van der Waals surface area contributed by atoms with E-state index in [-0.39, 0.29) is 23.5 Å². The standard InChI is InChI=1S/C20H15ClF2O3/c21-15-8-13-11-4-1-2-5-12(11)20(24)26-18(13)9-19(15)25-10-14-16(22)6-3-7-17(14)23/h3,6-9H,1-2,4-5,10H2. The molecule has 0 saturated carbocycles. The molecule has 0 unspecified atom stereocenters. The van der Waals surface area contributed by atoms with Gasteiger partial charge in [0.15, 0.2) is 0 Å². The first-order valence-corrected chi connectivity index (χ1v) is 8.76. The van der Waals surface area contributed by atoms with Crippen molar-refractivity contribution in [2.75, 3.05) is 0 Å². The average molecular weight is 377 g/mol. The Morgan fingerprint density at radius 2 is 1.77 bits per heavy atom. The minimum atomic E-state index is -0.692. The van der Waals surface area contributed by atoms with Gasteiger partial charge in [-0.05, 0) is 49.4 Å². The first-order chi connectivity index (χ1) is 12.5. The summed E-state index contributed by atoms with van der Waals surface area (Å²) in [5.74, 6) is -1.18. The van der Waals surface area contributed by atoms with Gasteiger partial charge in [-0.15, -0.1) is 0 Å². The molecule has 26 heavy (non-hydrogen) atoms. The molecule has 1 aromatic heterocycles. The summed E-state index contributed by atoms with van der Waals surface area (Å²) in [6.07, 6.45) is 3.48. The Kier molecular flexibility index (Phi) is 4.41. The molecular weight excluding hydrogens is 362 g/mol. The fraction of sp³-hybridized carbons (Fsp3) is 0.250. The lowest BCUT2D eigenvalue weighted by Gasteiger charge is -2.17. The molecule has 4 rings (SSSR count). The molecule has 0 bridgehead atoms. The molecule has 0 fully saturated rings. The van der Waals surface area contributed by atoms with Crippen LogP contribution < -0.4 is 10.4 Å². The summed E-state index contributed by atoms with van der Waals surface area (Å²) < 4.78 is 38.4. The summed E-state index contributed by atoms with van der Waals surface area (Å²) in [7, 11) is 0. The van der Waals surface area contributed by atoms with E-state index in [4.69, 9.17) is 20.8 Å². The summed E-state index contributed by atoms with van der Waals surface area (Å²) in [6.45, 7) is -0.321. The maximum Gasteiger partial charge on any atom is 0.339 e. The van der Waals surface area contributed by atoms with E-state index in [0.717, 1.165) is 42.3 Å². The summed E-state index contributed by atoms with van der Waals surface area (Å²) in [6, 6.07) is 6.81. The zero-order valence-electron chi connectivity index (χ0n) is 13.8. The first kappa shape index (κ1) is 17.0. The van der Waals surface area contributed by atoms with Crippen molar-refractivity contribution < 1.29 is 17.9 Å². The number of hydrogen-bond donors (Lipinski definition) is 0. The van der Waals surface area contributed by atoms with Crippen LogP contribution >= 0.6 is 11.6 Å². The number of ether oxygens (including phenoxy) is 1. The molecule has 1 aliphatic rings. The molecule has 2 aromatic carbocycles. The smallest absolute Gasteiger partial charge is 0.339 e. The predicted octanol–water partition coefficient (Wildman–Crippen LogP) is 5.18. The van der Waals surface area contributed by atoms with Crippen LogP contribution in [0.15, 0.2) is 39.5 Å². The SMILES string of the molecule is O=c1oc2cc(OCc3c(F)cccc3F)c(Cl)cc2c2c1CCCC2. The van der Waals surface area contributed by atoms with E-state index in [1.807, 2.05) is 0 Å². The van der Waals surface area contributed by atoms with Crippen LogP contribution in [-0.4, -0.2) is 0 Å². The van der Waals surface area contributed by atoms with Crippen LogP contribution in [-0.2, 0) is 19.4 Å². The Balaban J connectivity index is 1.73. The second-order valence-electron chi connectivity index (χ2n) is 6.32. The summed E-state index contributed by atoms with van der Waals surface area (Å²) in [5.41, 5.74) is 1.51. The second-order valence-corrected chi connectivity index (χ2v) is 6.73. The number of benzene rings is 2. The molecule has 1 heterocycles. The molecule has 0 spiro atoms. The molecule has 0 atom stereocenters. The molecular formula is C20H15ClF2O3. The van der Waals surface area contributed by atoms with Gasteiger partial charge in [-0.25, -0.2) is 13.6 Å². The molecule has 1 aliphatic carbocycles. The number of rotatable bonds is 3. The summed E-state index contributed by atoms with van der Waals surface area (Å²) >= 11 is 6.30. The van der Waals surface area contributed by atoms with Crippen LogP contribution in [0.5, 0.6) is 5.75 Å². The Bertz CT molecular complexity index is 1040. The van der Waals surface area contributed by atoms with Gasteiger partial charge in [0.1, 0.15) is 29.6 Å². The first-order valence-electron chi connectivity index (χ1n) is 8.38. The Hall–Kier alpha value is -2.40. The average Bonchev–Trinajstić information content (AvgIpc) is 2.63. The third-order valence-electron chi connectivity index (χ3n) is 4.71. The lowest BCUT2D eigenvalue weighted by molar-refractivity contribution is 0.292. The van der Waals surface area contributed by atoms with Crippen LogP contribution in [0, 0.1) is 11.6 Å². The predicted molar refractivity (Wildman–Crippen MR) is 94.8 cm³/mol. The molecule has 0 radical (unpaired) electrons. The largest absolute Gasteiger partial charge is 0.487 e. The maximum atomic E-state index is 13.7. The van der Waals surface area contributed by atoms with Gasteiger partial charge in [-0.3, -0.25) is 0 Å². The van der Waals surface area contributed by atoms with Crippen molar-refractivity contribution in [1.82, 2.24) is 0 Å². The minimum absolute atomic E-state index is 0.185. The highest BCUT2D eigenvalue weighted by atomic mass is 35.5. The van der Waals surface area contributed by atoms with Gasteiger partial charge >= 0.3 is 5.63 Å². The maximum absolute atomic E-state index is 13.7. The van der Waals surface area contributed by atoms with Gasteiger partial charge < -0.3 is 9.15 Å². The molecule has 0 amide bonds. The Morgan fingerprint density at radius 1 is 1.08 bits per heavy atom. The van der Waals surface area contributed by atoms with Crippen molar-refractivity contribution in [1.29, 1.82) is 0 Å². The highest BCUT2D eigenvalue weighted by Crippen LogP contribution is 2.34.